The number of thioether (sulfide) groups is 1. The van der Waals surface area contributed by atoms with Gasteiger partial charge in [-0.15, -0.1) is 10.2 Å². The molecule has 160 valence electrons. The lowest BCUT2D eigenvalue weighted by atomic mass is 10.2. The van der Waals surface area contributed by atoms with Gasteiger partial charge in [0.1, 0.15) is 4.88 Å². The molecular formula is C21H21N5O3S2. The maximum atomic E-state index is 12.5. The molecule has 4 rings (SSSR count). The number of carbonyl (C=O) groups is 2. The number of anilines is 1. The van der Waals surface area contributed by atoms with Gasteiger partial charge < -0.3 is 10.1 Å². The van der Waals surface area contributed by atoms with Gasteiger partial charge in [-0.3, -0.25) is 9.20 Å². The van der Waals surface area contributed by atoms with E-state index < -0.39 is 5.97 Å². The van der Waals surface area contributed by atoms with Crippen molar-refractivity contribution in [2.75, 3.05) is 17.7 Å². The Kier molecular flexibility index (Phi) is 6.19. The van der Waals surface area contributed by atoms with Crippen molar-refractivity contribution in [1.29, 1.82) is 0 Å². The molecule has 0 aliphatic rings. The molecular weight excluding hydrogens is 434 g/mol. The molecule has 8 nitrogen and oxygen atoms in total. The molecule has 0 atom stereocenters. The summed E-state index contributed by atoms with van der Waals surface area (Å²) in [6, 6.07) is 11.8. The average molecular weight is 456 g/mol. The third kappa shape index (κ3) is 4.70. The Balaban J connectivity index is 1.43. The van der Waals surface area contributed by atoms with Crippen LogP contribution in [-0.2, 0) is 9.53 Å². The van der Waals surface area contributed by atoms with E-state index in [-0.39, 0.29) is 17.6 Å². The SMILES string of the molecule is Cc1nc(NC(=O)CSc2nnc3ccc4ccccc4n23)sc1C(=O)OCC(C)C. The first-order chi connectivity index (χ1) is 14.9. The van der Waals surface area contributed by atoms with Gasteiger partial charge in [0.05, 0.1) is 23.6 Å². The molecule has 3 aromatic heterocycles. The first kappa shape index (κ1) is 21.3. The van der Waals surface area contributed by atoms with Crippen molar-refractivity contribution >= 4 is 56.7 Å². The molecule has 3 heterocycles. The van der Waals surface area contributed by atoms with Gasteiger partial charge in [-0.2, -0.15) is 0 Å². The smallest absolute Gasteiger partial charge is 0.350 e. The van der Waals surface area contributed by atoms with Gasteiger partial charge in [-0.05, 0) is 36.4 Å². The summed E-state index contributed by atoms with van der Waals surface area (Å²) in [5, 5.41) is 13.2. The van der Waals surface area contributed by atoms with E-state index in [1.807, 2.05) is 54.6 Å². The summed E-state index contributed by atoms with van der Waals surface area (Å²) < 4.78 is 7.19. The lowest BCUT2D eigenvalue weighted by molar-refractivity contribution is -0.113. The summed E-state index contributed by atoms with van der Waals surface area (Å²) in [5.74, 6) is -0.271. The van der Waals surface area contributed by atoms with Crippen molar-refractivity contribution < 1.29 is 14.3 Å². The minimum atomic E-state index is -0.416. The Labute approximate surface area is 187 Å². The number of aromatic nitrogens is 4. The number of ether oxygens (including phenoxy) is 1. The number of aryl methyl sites for hydroxylation is 1. The standard InChI is InChI=1S/C21H21N5O3S2/c1-12(2)10-29-19(28)18-13(3)22-20(31-18)23-17(27)11-30-21-25-24-16-9-8-14-6-4-5-7-15(14)26(16)21/h4-9,12H,10-11H2,1-3H3,(H,22,23,27). The van der Waals surface area contributed by atoms with Crippen molar-refractivity contribution in [1.82, 2.24) is 19.6 Å². The molecule has 1 aromatic carbocycles. The minimum Gasteiger partial charge on any atom is -0.461 e. The molecule has 0 fully saturated rings. The summed E-state index contributed by atoms with van der Waals surface area (Å²) in [6.07, 6.45) is 0. The lowest BCUT2D eigenvalue weighted by Crippen LogP contribution is -2.14. The number of nitrogens with zero attached hydrogens (tertiary/aromatic N) is 4. The highest BCUT2D eigenvalue weighted by Gasteiger charge is 2.19. The van der Waals surface area contributed by atoms with Crippen LogP contribution in [0, 0.1) is 12.8 Å². The van der Waals surface area contributed by atoms with E-state index in [9.17, 15) is 9.59 Å². The molecule has 31 heavy (non-hydrogen) atoms. The molecule has 0 saturated carbocycles. The molecule has 1 N–H and O–H groups in total. The summed E-state index contributed by atoms with van der Waals surface area (Å²) in [7, 11) is 0. The quantitative estimate of drug-likeness (QED) is 0.329. The minimum absolute atomic E-state index is 0.135. The number of para-hydroxylation sites is 1. The van der Waals surface area contributed by atoms with Gasteiger partial charge >= 0.3 is 5.97 Å². The normalized spacial score (nSPS) is 11.4. The van der Waals surface area contributed by atoms with Gasteiger partial charge in [0.25, 0.3) is 0 Å². The van der Waals surface area contributed by atoms with Gasteiger partial charge in [0.15, 0.2) is 15.9 Å². The van der Waals surface area contributed by atoms with Gasteiger partial charge in [-0.25, -0.2) is 9.78 Å². The Morgan fingerprint density at radius 2 is 2.00 bits per heavy atom. The highest BCUT2D eigenvalue weighted by atomic mass is 32.2. The van der Waals surface area contributed by atoms with Crippen LogP contribution >= 0.6 is 23.1 Å². The second kappa shape index (κ2) is 9.03. The molecule has 10 heteroatoms. The van der Waals surface area contributed by atoms with Crippen molar-refractivity contribution in [3.05, 3.63) is 47.0 Å². The zero-order valence-corrected chi connectivity index (χ0v) is 18.9. The van der Waals surface area contributed by atoms with E-state index in [2.05, 4.69) is 20.5 Å². The highest BCUT2D eigenvalue weighted by molar-refractivity contribution is 7.99. The summed E-state index contributed by atoms with van der Waals surface area (Å²) in [4.78, 5) is 29.3. The first-order valence-electron chi connectivity index (χ1n) is 9.72. The number of amides is 1. The number of pyridine rings is 1. The predicted molar refractivity (Wildman–Crippen MR) is 122 cm³/mol. The van der Waals surface area contributed by atoms with E-state index in [1.54, 1.807) is 6.92 Å². The van der Waals surface area contributed by atoms with Crippen molar-refractivity contribution in [2.45, 2.75) is 25.9 Å². The topological polar surface area (TPSA) is 98.5 Å². The van der Waals surface area contributed by atoms with Gasteiger partial charge in [-0.1, -0.05) is 55.1 Å². The molecule has 0 radical (unpaired) electrons. The highest BCUT2D eigenvalue weighted by Crippen LogP contribution is 2.25. The van der Waals surface area contributed by atoms with Crippen LogP contribution in [0.25, 0.3) is 16.6 Å². The maximum absolute atomic E-state index is 12.5. The third-order valence-electron chi connectivity index (χ3n) is 4.36. The third-order valence-corrected chi connectivity index (χ3v) is 6.34. The summed E-state index contributed by atoms with van der Waals surface area (Å²) in [5.41, 5.74) is 2.24. The number of nitrogens with one attached hydrogen (secondary N) is 1. The van der Waals surface area contributed by atoms with Crippen LogP contribution < -0.4 is 5.32 Å². The lowest BCUT2D eigenvalue weighted by Gasteiger charge is -2.05. The molecule has 1 amide bonds. The monoisotopic (exact) mass is 455 g/mol. The van der Waals surface area contributed by atoms with E-state index in [0.29, 0.717) is 27.5 Å². The van der Waals surface area contributed by atoms with E-state index in [4.69, 9.17) is 4.74 Å². The van der Waals surface area contributed by atoms with Crippen LogP contribution in [0.2, 0.25) is 0 Å². The Morgan fingerprint density at radius 1 is 1.19 bits per heavy atom. The van der Waals surface area contributed by atoms with Crippen LogP contribution in [0.5, 0.6) is 0 Å². The summed E-state index contributed by atoms with van der Waals surface area (Å²) >= 11 is 2.41. The fourth-order valence-electron chi connectivity index (χ4n) is 2.94. The van der Waals surface area contributed by atoms with Crippen LogP contribution in [0.15, 0.2) is 41.6 Å². The van der Waals surface area contributed by atoms with Crippen LogP contribution in [0.4, 0.5) is 5.13 Å². The van der Waals surface area contributed by atoms with E-state index in [0.717, 1.165) is 27.9 Å². The zero-order valence-electron chi connectivity index (χ0n) is 17.3. The van der Waals surface area contributed by atoms with Crippen LogP contribution in [-0.4, -0.2) is 43.8 Å². The van der Waals surface area contributed by atoms with Crippen LogP contribution in [0.3, 0.4) is 0 Å². The largest absolute Gasteiger partial charge is 0.461 e. The zero-order chi connectivity index (χ0) is 22.0. The first-order valence-corrected chi connectivity index (χ1v) is 11.5. The second-order valence-corrected chi connectivity index (χ2v) is 9.27. The Hall–Kier alpha value is -2.98. The number of rotatable bonds is 7. The Bertz CT molecular complexity index is 1260. The van der Waals surface area contributed by atoms with E-state index in [1.165, 1.54) is 11.8 Å². The fourth-order valence-corrected chi connectivity index (χ4v) is 4.57. The summed E-state index contributed by atoms with van der Waals surface area (Å²) in [6.45, 7) is 6.00. The van der Waals surface area contributed by atoms with Crippen molar-refractivity contribution in [2.24, 2.45) is 5.92 Å². The Morgan fingerprint density at radius 3 is 2.81 bits per heavy atom. The number of hydrogen-bond donors (Lipinski definition) is 1. The molecule has 0 saturated heterocycles. The number of hydrogen-bond acceptors (Lipinski definition) is 8. The van der Waals surface area contributed by atoms with Crippen molar-refractivity contribution in [3.63, 3.8) is 0 Å². The molecule has 0 bridgehead atoms. The number of carbonyl (C=O) groups excluding carboxylic acids is 2. The number of fused-ring (bicyclic) bond motifs is 3. The number of esters is 1. The number of benzene rings is 1. The molecule has 4 aromatic rings. The molecule has 0 unspecified atom stereocenters. The van der Waals surface area contributed by atoms with Gasteiger partial charge in [0, 0.05) is 0 Å². The van der Waals surface area contributed by atoms with E-state index >= 15 is 0 Å². The molecule has 0 spiro atoms. The predicted octanol–water partition coefficient (Wildman–Crippen LogP) is 4.19. The van der Waals surface area contributed by atoms with Gasteiger partial charge in [0.2, 0.25) is 5.91 Å². The maximum Gasteiger partial charge on any atom is 0.350 e. The molecule has 0 aliphatic carbocycles. The average Bonchev–Trinajstić information content (AvgIpc) is 3.33. The molecule has 0 aliphatic heterocycles. The fraction of sp³-hybridized carbons (Fsp3) is 0.286. The number of thiazole rings is 1. The van der Waals surface area contributed by atoms with Crippen molar-refractivity contribution in [3.8, 4) is 0 Å². The second-order valence-electron chi connectivity index (χ2n) is 7.33. The van der Waals surface area contributed by atoms with Crippen LogP contribution in [0.1, 0.15) is 29.2 Å².